The van der Waals surface area contributed by atoms with E-state index >= 15 is 0 Å². The molecular weight excluding hydrogens is 1020 g/mol. The Bertz CT molecular complexity index is 1560. The van der Waals surface area contributed by atoms with Crippen LogP contribution >= 0.6 is 21.8 Å². The Balaban J connectivity index is -0.0000000853. The van der Waals surface area contributed by atoms with E-state index in [-0.39, 0.29) is 14.3 Å². The second-order valence-corrected chi connectivity index (χ2v) is 37.0. The molecule has 3 heteroatoms. The van der Waals surface area contributed by atoms with Gasteiger partial charge in [0.2, 0.25) is 0 Å². The monoisotopic (exact) mass is 1180 g/mol. The normalized spacial score (nSPS) is 10.9. The first-order chi connectivity index (χ1) is 39.2. The fourth-order valence-electron chi connectivity index (χ4n) is 11.4. The first-order valence-corrected chi connectivity index (χ1v) is 43.2. The van der Waals surface area contributed by atoms with E-state index in [0.717, 1.165) is 12.6 Å². The number of hydrogen-bond donors (Lipinski definition) is 0. The molecule has 0 atom stereocenters. The summed E-state index contributed by atoms with van der Waals surface area (Å²) in [6.45, 7) is 23.3. The van der Waals surface area contributed by atoms with Gasteiger partial charge < -0.3 is 0 Å². The summed E-state index contributed by atoms with van der Waals surface area (Å²) in [4.78, 5) is 0. The Morgan fingerprint density at radius 1 is 0.212 bits per heavy atom. The summed E-state index contributed by atoms with van der Waals surface area (Å²) in [5, 5.41) is 0. The van der Waals surface area contributed by atoms with Gasteiger partial charge in [0.05, 0.1) is 62.1 Å². The lowest BCUT2D eigenvalue weighted by atomic mass is 10.0. The van der Waals surface area contributed by atoms with E-state index in [9.17, 15) is 0 Å². The molecule has 0 amide bonds. The van der Waals surface area contributed by atoms with Crippen molar-refractivity contribution in [3.05, 3.63) is 0 Å². The third-order valence-electron chi connectivity index (χ3n) is 16.8. The van der Waals surface area contributed by atoms with Gasteiger partial charge in [-0.15, -0.1) is 12.8 Å². The van der Waals surface area contributed by atoms with E-state index in [1.54, 1.807) is 62.1 Å². The first kappa shape index (κ1) is 82.9. The van der Waals surface area contributed by atoms with Gasteiger partial charge in [-0.1, -0.05) is 281 Å². The minimum absolute atomic E-state index is 0. The zero-order valence-corrected chi connectivity index (χ0v) is 59.1. The molecule has 0 unspecified atom stereocenters. The van der Waals surface area contributed by atoms with Gasteiger partial charge >= 0.3 is 0 Å². The summed E-state index contributed by atoms with van der Waals surface area (Å²) < 4.78 is 0. The van der Waals surface area contributed by atoms with Crippen molar-refractivity contribution >= 4 is 21.8 Å². The molecule has 0 aromatic carbocycles. The van der Waals surface area contributed by atoms with Crippen LogP contribution in [0.5, 0.6) is 0 Å². The SMILES string of the molecule is C#CC#CC#C[P+](C)(C#CC#CC#C)CCCCCCCCCCCC.CCCCCCCCCCCCCCCC[P+](CCCC)(CCCC)CCCC.CCCCCCCCCCCC[P+](CCCC)(CCCC)CCCC.[HH].[HH].[HH].[HH].[HH].[HH].[HH].[HH].[HH].[HH]. The highest BCUT2D eigenvalue weighted by atomic mass is 31.2. The molecule has 0 bridgehead atoms. The molecule has 0 rings (SSSR count). The van der Waals surface area contributed by atoms with Crippen LogP contribution < -0.4 is 0 Å². The molecule has 0 heterocycles. The number of hydrogen-bond acceptors (Lipinski definition) is 0. The topological polar surface area (TPSA) is 0 Å². The Morgan fingerprint density at radius 3 is 0.588 bits per heavy atom. The van der Waals surface area contributed by atoms with Crippen molar-refractivity contribution in [1.29, 1.82) is 0 Å². The minimum Gasteiger partial charge on any atom is -0.106 e. The van der Waals surface area contributed by atoms with Crippen LogP contribution in [0.3, 0.4) is 0 Å². The van der Waals surface area contributed by atoms with Gasteiger partial charge in [-0.05, 0) is 101 Å². The lowest BCUT2D eigenvalue weighted by Gasteiger charge is -2.28. The molecule has 482 valence electrons. The summed E-state index contributed by atoms with van der Waals surface area (Å²) >= 11 is 0. The second kappa shape index (κ2) is 68.4. The van der Waals surface area contributed by atoms with Crippen LogP contribution in [-0.2, 0) is 0 Å². The fourth-order valence-corrected chi connectivity index (χ4v) is 23.5. The van der Waals surface area contributed by atoms with Crippen LogP contribution in [-0.4, -0.2) is 62.1 Å². The van der Waals surface area contributed by atoms with Crippen LogP contribution in [0.2, 0.25) is 0 Å². The molecular formula is C77H162P3+3. The van der Waals surface area contributed by atoms with Crippen molar-refractivity contribution in [2.24, 2.45) is 0 Å². The fraction of sp³-hybridized carbons (Fsp3) is 0.844. The van der Waals surface area contributed by atoms with Gasteiger partial charge in [-0.2, -0.15) is 0 Å². The third kappa shape index (κ3) is 59.8. The molecule has 0 saturated carbocycles. The van der Waals surface area contributed by atoms with Gasteiger partial charge in [0.1, 0.15) is 11.3 Å². The highest BCUT2D eigenvalue weighted by Crippen LogP contribution is 2.62. The molecule has 80 heavy (non-hydrogen) atoms. The maximum absolute atomic E-state index is 5.12. The second-order valence-electron chi connectivity index (χ2n) is 24.7. The molecule has 0 saturated heterocycles. The van der Waals surface area contributed by atoms with Crippen LogP contribution in [0.15, 0.2) is 0 Å². The number of terminal acetylenes is 2. The highest BCUT2D eigenvalue weighted by molar-refractivity contribution is 7.84. The van der Waals surface area contributed by atoms with Gasteiger partial charge in [0, 0.05) is 52.5 Å². The van der Waals surface area contributed by atoms with Crippen LogP contribution in [0.1, 0.15) is 372 Å². The Kier molecular flexibility index (Phi) is 70.9. The summed E-state index contributed by atoms with van der Waals surface area (Å²) in [7, 11) is -2.94. The number of unbranched alkanes of at least 4 members (excludes halogenated alkanes) is 37. The van der Waals surface area contributed by atoms with Crippen molar-refractivity contribution < 1.29 is 14.3 Å². The first-order valence-electron chi connectivity index (χ1n) is 35.7. The average Bonchev–Trinajstić information content (AvgIpc) is 3.49. The van der Waals surface area contributed by atoms with Crippen molar-refractivity contribution in [2.45, 2.75) is 358 Å². The molecule has 0 spiro atoms. The van der Waals surface area contributed by atoms with Gasteiger partial charge in [-0.3, -0.25) is 0 Å². The summed E-state index contributed by atoms with van der Waals surface area (Å²) in [5.74, 6) is 20.7. The van der Waals surface area contributed by atoms with E-state index in [2.05, 4.69) is 128 Å². The van der Waals surface area contributed by atoms with Gasteiger partial charge in [-0.25, -0.2) is 0 Å². The van der Waals surface area contributed by atoms with Crippen LogP contribution in [0, 0.1) is 71.5 Å². The van der Waals surface area contributed by atoms with E-state index in [0.29, 0.717) is 0 Å². The Labute approximate surface area is 525 Å². The maximum Gasteiger partial charge on any atom is 0.168 e. The lowest BCUT2D eigenvalue weighted by Crippen LogP contribution is -2.13. The Morgan fingerprint density at radius 2 is 0.388 bits per heavy atom. The summed E-state index contributed by atoms with van der Waals surface area (Å²) in [6.07, 6.45) is 90.4. The van der Waals surface area contributed by atoms with E-state index < -0.39 is 21.8 Å². The molecule has 0 aromatic heterocycles. The predicted molar refractivity (Wildman–Crippen MR) is 404 cm³/mol. The van der Waals surface area contributed by atoms with E-state index in [1.165, 1.54) is 276 Å². The molecule has 0 radical (unpaired) electrons. The van der Waals surface area contributed by atoms with Crippen molar-refractivity contribution in [2.75, 3.05) is 62.1 Å². The largest absolute Gasteiger partial charge is 0.168 e. The zero-order chi connectivity index (χ0) is 59.5. The molecule has 0 aliphatic rings. The average molecular weight is 1180 g/mol. The van der Waals surface area contributed by atoms with Gasteiger partial charge in [0.15, 0.2) is 7.26 Å². The van der Waals surface area contributed by atoms with E-state index in [1.807, 2.05) is 0 Å². The van der Waals surface area contributed by atoms with Crippen molar-refractivity contribution in [3.63, 3.8) is 0 Å². The highest BCUT2D eigenvalue weighted by Gasteiger charge is 2.35. The lowest BCUT2D eigenvalue weighted by molar-refractivity contribution is 0.538. The predicted octanol–water partition coefficient (Wildman–Crippen LogP) is 28.4. The quantitative estimate of drug-likeness (QED) is 0.0323. The zero-order valence-electron chi connectivity index (χ0n) is 56.4. The molecule has 0 aliphatic heterocycles. The van der Waals surface area contributed by atoms with Crippen molar-refractivity contribution in [3.8, 4) is 71.5 Å². The minimum atomic E-state index is -1.69. The number of rotatable bonds is 55. The van der Waals surface area contributed by atoms with Crippen LogP contribution in [0.25, 0.3) is 0 Å². The standard InChI is InChI=1S/C28H60P.C25H30P.C24H52P.10H2/c1-5-9-13-14-15-16-17-18-19-20-21-22-23-24-28-29(25-10-6-2,26-11-7-3)27-12-8-4;1-5-8-11-14-15-16-17-18-19-22-25-26(4,23-20-12-9-6-2)24-21-13-10-7-3;1-5-9-13-14-15-16-17-18-19-20-24-25(21-10-6-2,22-11-7-3)23-12-8-4;;;;;;;;;;/h5-28H2,1-4H3;2-3H,5,8,11,14-19,22,25H2,1,4H3;5-24H2,1-4H3;10*1H/q3*+1;;;;;;;;;;. The molecule has 0 aromatic rings. The summed E-state index contributed by atoms with van der Waals surface area (Å²) in [6, 6.07) is 0. The van der Waals surface area contributed by atoms with Gasteiger partial charge in [0.25, 0.3) is 0 Å². The van der Waals surface area contributed by atoms with Crippen molar-refractivity contribution in [1.82, 2.24) is 0 Å². The Hall–Kier alpha value is -1.35. The summed E-state index contributed by atoms with van der Waals surface area (Å²) in [5.41, 5.74) is 6.48. The molecule has 0 N–H and O–H groups in total. The molecule has 0 nitrogen and oxygen atoms in total. The van der Waals surface area contributed by atoms with Crippen LogP contribution in [0.4, 0.5) is 0 Å². The molecule has 0 fully saturated rings. The molecule has 0 aliphatic carbocycles. The maximum atomic E-state index is 5.12. The third-order valence-corrected chi connectivity index (χ3v) is 29.4. The van der Waals surface area contributed by atoms with E-state index in [4.69, 9.17) is 12.8 Å². The smallest absolute Gasteiger partial charge is 0.106 e.